The molecule has 1 aromatic heterocycles. The first kappa shape index (κ1) is 20.6. The minimum atomic E-state index is -4.42. The van der Waals surface area contributed by atoms with Crippen molar-refractivity contribution in [3.63, 3.8) is 0 Å². The topological polar surface area (TPSA) is 228 Å². The fourth-order valence-corrected chi connectivity index (χ4v) is 6.62. The van der Waals surface area contributed by atoms with Crippen LogP contribution in [0.5, 0.6) is 0 Å². The summed E-state index contributed by atoms with van der Waals surface area (Å²) in [6, 6.07) is -0.662. The van der Waals surface area contributed by atoms with E-state index in [4.69, 9.17) is 20.5 Å². The van der Waals surface area contributed by atoms with Crippen LogP contribution in [0, 0.1) is 0 Å². The van der Waals surface area contributed by atoms with Gasteiger partial charge in [0.25, 0.3) is 0 Å². The van der Waals surface area contributed by atoms with Crippen LogP contribution in [-0.2, 0) is 19.9 Å². The standard InChI is InChI=1S/C10H16N2O10S3/c1-8(13)3-5(12-9(14,15)10(16,17)18)4-2-6(25(11,21)22)23-7(4)24(8,19)20/h2,5,12-18H,3H2,1H3,(H2,11,21,22). The monoisotopic (exact) mass is 420 g/mol. The number of fused-ring (bicyclic) bond motifs is 1. The van der Waals surface area contributed by atoms with Crippen molar-refractivity contribution in [1.29, 1.82) is 0 Å². The van der Waals surface area contributed by atoms with Crippen LogP contribution >= 0.6 is 11.3 Å². The maximum absolute atomic E-state index is 12.4. The SMILES string of the molecule is CC1(O)CC(NC(O)(O)C(O)(O)O)c2cc(S(N)(=O)=O)sc2S1(=O)=O. The summed E-state index contributed by atoms with van der Waals surface area (Å²) in [4.78, 5) is -2.46. The minimum absolute atomic E-state index is 0.237. The van der Waals surface area contributed by atoms with Gasteiger partial charge in [0.1, 0.15) is 8.42 Å². The molecule has 144 valence electrons. The van der Waals surface area contributed by atoms with Crippen molar-refractivity contribution < 1.29 is 47.5 Å². The number of rotatable bonds is 4. The Kier molecular flexibility index (Phi) is 4.64. The van der Waals surface area contributed by atoms with Gasteiger partial charge < -0.3 is 30.6 Å². The second-order valence-electron chi connectivity index (χ2n) is 5.74. The van der Waals surface area contributed by atoms with E-state index in [0.717, 1.165) is 13.0 Å². The van der Waals surface area contributed by atoms with Crippen LogP contribution in [0.15, 0.2) is 14.5 Å². The summed E-state index contributed by atoms with van der Waals surface area (Å²) in [6.45, 7) is 0.886. The lowest BCUT2D eigenvalue weighted by atomic mass is 10.0. The Morgan fingerprint density at radius 3 is 2.28 bits per heavy atom. The highest BCUT2D eigenvalue weighted by atomic mass is 32.3. The first-order chi connectivity index (χ1) is 10.9. The number of hydrogen-bond donors (Lipinski definition) is 8. The molecule has 12 nitrogen and oxygen atoms in total. The van der Waals surface area contributed by atoms with Crippen molar-refractivity contribution >= 4 is 31.2 Å². The molecule has 0 bridgehead atoms. The third-order valence-electron chi connectivity index (χ3n) is 3.61. The van der Waals surface area contributed by atoms with Crippen LogP contribution in [0.4, 0.5) is 0 Å². The average Bonchev–Trinajstić information content (AvgIpc) is 2.79. The molecule has 0 saturated carbocycles. The number of aliphatic hydroxyl groups is 6. The van der Waals surface area contributed by atoms with Crippen molar-refractivity contribution in [2.75, 3.05) is 0 Å². The fraction of sp³-hybridized carbons (Fsp3) is 0.600. The molecule has 2 unspecified atom stereocenters. The fourth-order valence-electron chi connectivity index (χ4n) is 2.23. The summed E-state index contributed by atoms with van der Waals surface area (Å²) in [5.41, 5.74) is -0.308. The Hall–Kier alpha value is -0.720. The molecule has 9 N–H and O–H groups in total. The van der Waals surface area contributed by atoms with Crippen molar-refractivity contribution in [2.45, 2.75) is 44.6 Å². The van der Waals surface area contributed by atoms with E-state index in [9.17, 15) is 32.2 Å². The molecule has 0 radical (unpaired) electrons. The van der Waals surface area contributed by atoms with Gasteiger partial charge in [-0.1, -0.05) is 0 Å². The summed E-state index contributed by atoms with van der Waals surface area (Å²) in [5.74, 6) is -7.79. The van der Waals surface area contributed by atoms with Crippen LogP contribution in [0.3, 0.4) is 0 Å². The van der Waals surface area contributed by atoms with Gasteiger partial charge in [0, 0.05) is 18.0 Å². The molecule has 2 rings (SSSR count). The van der Waals surface area contributed by atoms with Crippen molar-refractivity contribution in [1.82, 2.24) is 5.32 Å². The van der Waals surface area contributed by atoms with E-state index in [1.54, 1.807) is 5.32 Å². The Morgan fingerprint density at radius 2 is 1.84 bits per heavy atom. The number of sulfone groups is 1. The van der Waals surface area contributed by atoms with E-state index in [2.05, 4.69) is 0 Å². The number of nitrogens with one attached hydrogen (secondary N) is 1. The molecule has 1 aliphatic rings. The molecule has 0 fully saturated rings. The molecule has 2 atom stereocenters. The quantitative estimate of drug-likeness (QED) is 0.220. The van der Waals surface area contributed by atoms with Crippen molar-refractivity contribution in [2.24, 2.45) is 5.14 Å². The highest BCUT2D eigenvalue weighted by Gasteiger charge is 2.54. The molecule has 2 heterocycles. The van der Waals surface area contributed by atoms with Crippen molar-refractivity contribution in [3.05, 3.63) is 11.6 Å². The smallest absolute Gasteiger partial charge is 0.348 e. The molecule has 0 saturated heterocycles. The van der Waals surface area contributed by atoms with E-state index in [1.807, 2.05) is 0 Å². The Bertz CT molecular complexity index is 894. The van der Waals surface area contributed by atoms with Crippen LogP contribution in [0.2, 0.25) is 0 Å². The van der Waals surface area contributed by atoms with Gasteiger partial charge in [0.2, 0.25) is 19.9 Å². The summed E-state index contributed by atoms with van der Waals surface area (Å²) >= 11 is 0.237. The molecule has 0 amide bonds. The normalized spacial score (nSPS) is 27.1. The highest BCUT2D eigenvalue weighted by Crippen LogP contribution is 2.46. The first-order valence-electron chi connectivity index (χ1n) is 6.43. The second-order valence-corrected chi connectivity index (χ2v) is 11.1. The van der Waals surface area contributed by atoms with Gasteiger partial charge in [-0.25, -0.2) is 22.0 Å². The maximum atomic E-state index is 12.4. The minimum Gasteiger partial charge on any atom is -0.374 e. The van der Waals surface area contributed by atoms with Crippen molar-refractivity contribution in [3.8, 4) is 0 Å². The summed E-state index contributed by atoms with van der Waals surface area (Å²) in [7, 11) is -8.73. The van der Waals surface area contributed by atoms with Gasteiger partial charge in [-0.3, -0.25) is 5.32 Å². The number of sulfonamides is 1. The first-order valence-corrected chi connectivity index (χ1v) is 10.3. The summed E-state index contributed by atoms with van der Waals surface area (Å²) < 4.78 is 46.5. The number of hydrogen-bond acceptors (Lipinski definition) is 12. The number of nitrogens with two attached hydrogens (primary N) is 1. The molecule has 15 heteroatoms. The molecule has 1 aliphatic heterocycles. The largest absolute Gasteiger partial charge is 0.374 e. The average molecular weight is 420 g/mol. The van der Waals surface area contributed by atoms with E-state index in [-0.39, 0.29) is 16.9 Å². The van der Waals surface area contributed by atoms with Crippen LogP contribution in [0.1, 0.15) is 24.9 Å². The van der Waals surface area contributed by atoms with Gasteiger partial charge in [-0.15, -0.1) is 11.3 Å². The predicted octanol–water partition coefficient (Wildman–Crippen LogP) is -3.82. The van der Waals surface area contributed by atoms with Crippen LogP contribution in [-0.4, -0.2) is 64.3 Å². The zero-order chi connectivity index (χ0) is 19.6. The lowest BCUT2D eigenvalue weighted by Crippen LogP contribution is -2.65. The summed E-state index contributed by atoms with van der Waals surface area (Å²) in [5, 5.41) is 62.8. The van der Waals surface area contributed by atoms with Gasteiger partial charge in [0.05, 0.1) is 0 Å². The van der Waals surface area contributed by atoms with E-state index >= 15 is 0 Å². The Labute approximate surface area is 145 Å². The van der Waals surface area contributed by atoms with E-state index in [1.165, 1.54) is 0 Å². The Morgan fingerprint density at radius 1 is 1.32 bits per heavy atom. The van der Waals surface area contributed by atoms with Gasteiger partial charge in [0.15, 0.2) is 4.93 Å². The van der Waals surface area contributed by atoms with E-state index < -0.39 is 57.6 Å². The zero-order valence-electron chi connectivity index (χ0n) is 12.5. The lowest BCUT2D eigenvalue weighted by Gasteiger charge is -2.39. The second kappa shape index (κ2) is 5.64. The molecule has 1 aromatic rings. The number of thiophene rings is 1. The third kappa shape index (κ3) is 3.45. The molecular formula is C10H16N2O10S3. The highest BCUT2D eigenvalue weighted by molar-refractivity contribution is 7.96. The van der Waals surface area contributed by atoms with Gasteiger partial charge in [-0.2, -0.15) is 0 Å². The van der Waals surface area contributed by atoms with E-state index in [0.29, 0.717) is 0 Å². The molecular weight excluding hydrogens is 404 g/mol. The Balaban J connectivity index is 2.65. The molecule has 0 aliphatic carbocycles. The number of primary sulfonamides is 1. The molecule has 0 spiro atoms. The lowest BCUT2D eigenvalue weighted by molar-refractivity contribution is -0.457. The summed E-state index contributed by atoms with van der Waals surface area (Å²) in [6.07, 6.45) is -0.734. The maximum Gasteiger partial charge on any atom is 0.348 e. The molecule has 0 aromatic carbocycles. The van der Waals surface area contributed by atoms with Gasteiger partial charge in [-0.05, 0) is 13.0 Å². The molecule has 25 heavy (non-hydrogen) atoms. The van der Waals surface area contributed by atoms with Crippen LogP contribution < -0.4 is 10.5 Å². The van der Waals surface area contributed by atoms with Gasteiger partial charge >= 0.3 is 11.9 Å². The predicted molar refractivity (Wildman–Crippen MR) is 80.6 cm³/mol. The van der Waals surface area contributed by atoms with Crippen LogP contribution in [0.25, 0.3) is 0 Å². The zero-order valence-corrected chi connectivity index (χ0v) is 14.9. The third-order valence-corrected chi connectivity index (χ3v) is 8.93.